The molecule has 15 heavy (non-hydrogen) atoms. The lowest BCUT2D eigenvalue weighted by molar-refractivity contribution is 0.0926. The van der Waals surface area contributed by atoms with Crippen LogP contribution in [0.15, 0.2) is 22.8 Å². The largest absolute Gasteiger partial charge is 0.459 e. The number of nitrogens with one attached hydrogen (secondary N) is 1. The zero-order valence-electron chi connectivity index (χ0n) is 8.82. The highest BCUT2D eigenvalue weighted by molar-refractivity contribution is 6.02. The topological polar surface area (TPSA) is 62.6 Å². The fourth-order valence-electron chi connectivity index (χ4n) is 1.16. The molecule has 0 radical (unpaired) electrons. The summed E-state index contributed by atoms with van der Waals surface area (Å²) in [5, 5.41) is 2.24. The Morgan fingerprint density at radius 2 is 2.07 bits per heavy atom. The average molecular weight is 210 g/mol. The molecule has 0 aliphatic carbocycles. The summed E-state index contributed by atoms with van der Waals surface area (Å²) in [6.07, 6.45) is 1.39. The lowest BCUT2D eigenvalue weighted by atomic mass is 10.4. The second-order valence-electron chi connectivity index (χ2n) is 2.91. The maximum Gasteiger partial charge on any atom is 0.324 e. The molecule has 0 aromatic carbocycles. The van der Waals surface area contributed by atoms with E-state index in [-0.39, 0.29) is 5.76 Å². The molecular formula is C10H14N2O3. The lowest BCUT2D eigenvalue weighted by Gasteiger charge is -2.17. The molecule has 0 spiro atoms. The molecule has 82 valence electrons. The van der Waals surface area contributed by atoms with E-state index in [4.69, 9.17) is 4.42 Å². The predicted molar refractivity (Wildman–Crippen MR) is 54.5 cm³/mol. The molecule has 1 heterocycles. The van der Waals surface area contributed by atoms with Crippen LogP contribution in [0.5, 0.6) is 0 Å². The summed E-state index contributed by atoms with van der Waals surface area (Å²) in [6, 6.07) is 2.70. The van der Waals surface area contributed by atoms with E-state index in [2.05, 4.69) is 5.32 Å². The first-order valence-corrected chi connectivity index (χ1v) is 4.82. The third kappa shape index (κ3) is 2.83. The Hall–Kier alpha value is -1.78. The minimum atomic E-state index is -0.517. The fourth-order valence-corrected chi connectivity index (χ4v) is 1.16. The van der Waals surface area contributed by atoms with Gasteiger partial charge in [-0.2, -0.15) is 0 Å². The molecule has 1 rings (SSSR count). The molecule has 0 aliphatic heterocycles. The highest BCUT2D eigenvalue weighted by Gasteiger charge is 2.15. The Kier molecular flexibility index (Phi) is 3.91. The van der Waals surface area contributed by atoms with Crippen molar-refractivity contribution in [3.05, 3.63) is 24.2 Å². The van der Waals surface area contributed by atoms with Crippen molar-refractivity contribution in [2.24, 2.45) is 0 Å². The summed E-state index contributed by atoms with van der Waals surface area (Å²) in [7, 11) is 0. The number of imide groups is 1. The number of nitrogens with zero attached hydrogens (tertiary/aromatic N) is 1. The third-order valence-electron chi connectivity index (χ3n) is 2.02. The molecule has 1 N–H and O–H groups in total. The van der Waals surface area contributed by atoms with Crippen molar-refractivity contribution >= 4 is 11.9 Å². The molecule has 0 unspecified atom stereocenters. The number of hydrogen-bond donors (Lipinski definition) is 1. The van der Waals surface area contributed by atoms with Crippen LogP contribution in [-0.2, 0) is 0 Å². The standard InChI is InChI=1S/C10H14N2O3/c1-3-12(4-2)10(14)11-9(13)8-6-5-7-15-8/h5-7H,3-4H2,1-2H3,(H,11,13,14). The van der Waals surface area contributed by atoms with E-state index >= 15 is 0 Å². The summed E-state index contributed by atoms with van der Waals surface area (Å²) in [5.41, 5.74) is 0. The molecule has 3 amide bonds. The number of urea groups is 1. The second-order valence-corrected chi connectivity index (χ2v) is 2.91. The zero-order valence-corrected chi connectivity index (χ0v) is 8.82. The summed E-state index contributed by atoms with van der Waals surface area (Å²) >= 11 is 0. The molecule has 0 fully saturated rings. The van der Waals surface area contributed by atoms with Crippen molar-refractivity contribution in [1.29, 1.82) is 0 Å². The first-order chi connectivity index (χ1) is 7.19. The van der Waals surface area contributed by atoms with Crippen LogP contribution in [0.4, 0.5) is 4.79 Å². The summed E-state index contributed by atoms with van der Waals surface area (Å²) in [5.74, 6) is -0.382. The van der Waals surface area contributed by atoms with Gasteiger partial charge in [0.1, 0.15) is 0 Å². The number of amides is 3. The Morgan fingerprint density at radius 1 is 1.40 bits per heavy atom. The minimum absolute atomic E-state index is 0.135. The normalized spacial score (nSPS) is 9.73. The van der Waals surface area contributed by atoms with Gasteiger partial charge < -0.3 is 9.32 Å². The van der Waals surface area contributed by atoms with Gasteiger partial charge in [0.05, 0.1) is 6.26 Å². The van der Waals surface area contributed by atoms with E-state index < -0.39 is 11.9 Å². The van der Waals surface area contributed by atoms with Gasteiger partial charge in [0.25, 0.3) is 5.91 Å². The predicted octanol–water partition coefficient (Wildman–Crippen LogP) is 1.47. The van der Waals surface area contributed by atoms with E-state index in [1.54, 1.807) is 6.07 Å². The van der Waals surface area contributed by atoms with E-state index in [9.17, 15) is 9.59 Å². The molecule has 0 bridgehead atoms. The van der Waals surface area contributed by atoms with Gasteiger partial charge in [-0.25, -0.2) is 4.79 Å². The first kappa shape index (κ1) is 11.3. The van der Waals surface area contributed by atoms with Crippen molar-refractivity contribution in [1.82, 2.24) is 10.2 Å². The average Bonchev–Trinajstić information content (AvgIpc) is 2.72. The van der Waals surface area contributed by atoms with Crippen LogP contribution in [0.2, 0.25) is 0 Å². The van der Waals surface area contributed by atoms with Crippen molar-refractivity contribution in [2.75, 3.05) is 13.1 Å². The molecular weight excluding hydrogens is 196 g/mol. The van der Waals surface area contributed by atoms with Gasteiger partial charge in [-0.3, -0.25) is 10.1 Å². The van der Waals surface area contributed by atoms with Crippen molar-refractivity contribution < 1.29 is 14.0 Å². The van der Waals surface area contributed by atoms with Crippen molar-refractivity contribution in [3.63, 3.8) is 0 Å². The smallest absolute Gasteiger partial charge is 0.324 e. The van der Waals surface area contributed by atoms with Gasteiger partial charge in [0.2, 0.25) is 0 Å². The van der Waals surface area contributed by atoms with E-state index in [1.165, 1.54) is 17.2 Å². The van der Waals surface area contributed by atoms with E-state index in [0.717, 1.165) is 0 Å². The number of furan rings is 1. The van der Waals surface area contributed by atoms with Gasteiger partial charge in [-0.1, -0.05) is 0 Å². The van der Waals surface area contributed by atoms with Gasteiger partial charge in [-0.05, 0) is 26.0 Å². The molecule has 1 aromatic heterocycles. The van der Waals surface area contributed by atoms with Crippen molar-refractivity contribution in [3.8, 4) is 0 Å². The molecule has 0 atom stereocenters. The van der Waals surface area contributed by atoms with Crippen LogP contribution in [0.1, 0.15) is 24.4 Å². The minimum Gasteiger partial charge on any atom is -0.459 e. The lowest BCUT2D eigenvalue weighted by Crippen LogP contribution is -2.42. The summed E-state index contributed by atoms with van der Waals surface area (Å²) in [4.78, 5) is 24.4. The number of rotatable bonds is 3. The Balaban J connectivity index is 2.55. The monoisotopic (exact) mass is 210 g/mol. The van der Waals surface area contributed by atoms with Gasteiger partial charge in [0.15, 0.2) is 5.76 Å². The zero-order chi connectivity index (χ0) is 11.3. The highest BCUT2D eigenvalue weighted by Crippen LogP contribution is 1.99. The number of hydrogen-bond acceptors (Lipinski definition) is 3. The van der Waals surface area contributed by atoms with Crippen LogP contribution in [0, 0.1) is 0 Å². The molecule has 1 aromatic rings. The molecule has 5 nitrogen and oxygen atoms in total. The quantitative estimate of drug-likeness (QED) is 0.821. The van der Waals surface area contributed by atoms with E-state index in [1.807, 2.05) is 13.8 Å². The highest BCUT2D eigenvalue weighted by atomic mass is 16.3. The summed E-state index contributed by atoms with van der Waals surface area (Å²) in [6.45, 7) is 4.82. The van der Waals surface area contributed by atoms with E-state index in [0.29, 0.717) is 13.1 Å². The SMILES string of the molecule is CCN(CC)C(=O)NC(=O)c1ccco1. The molecule has 0 saturated heterocycles. The Bertz CT molecular complexity index is 328. The van der Waals surface area contributed by atoms with Crippen LogP contribution in [-0.4, -0.2) is 29.9 Å². The van der Waals surface area contributed by atoms with Crippen molar-refractivity contribution in [2.45, 2.75) is 13.8 Å². The number of carbonyl (C=O) groups excluding carboxylic acids is 2. The molecule has 0 aliphatic rings. The van der Waals surface area contributed by atoms with Gasteiger partial charge in [-0.15, -0.1) is 0 Å². The Morgan fingerprint density at radius 3 is 2.53 bits per heavy atom. The fraction of sp³-hybridized carbons (Fsp3) is 0.400. The molecule has 5 heteroatoms. The maximum absolute atomic E-state index is 11.5. The Labute approximate surface area is 88.0 Å². The van der Waals surface area contributed by atoms with Crippen LogP contribution in [0.3, 0.4) is 0 Å². The second kappa shape index (κ2) is 5.19. The summed E-state index contributed by atoms with van der Waals surface area (Å²) < 4.78 is 4.86. The molecule has 0 saturated carbocycles. The number of carbonyl (C=O) groups is 2. The maximum atomic E-state index is 11.5. The first-order valence-electron chi connectivity index (χ1n) is 4.82. The third-order valence-corrected chi connectivity index (χ3v) is 2.02. The van der Waals surface area contributed by atoms with Gasteiger partial charge >= 0.3 is 6.03 Å². The van der Waals surface area contributed by atoms with Crippen LogP contribution < -0.4 is 5.32 Å². The van der Waals surface area contributed by atoms with Crippen LogP contribution >= 0.6 is 0 Å². The van der Waals surface area contributed by atoms with Gasteiger partial charge in [0, 0.05) is 13.1 Å². The van der Waals surface area contributed by atoms with Crippen LogP contribution in [0.25, 0.3) is 0 Å².